The van der Waals surface area contributed by atoms with Gasteiger partial charge < -0.3 is 9.84 Å². The predicted octanol–water partition coefficient (Wildman–Crippen LogP) is 2.93. The molecule has 0 aromatic heterocycles. The number of nitrogens with one attached hydrogen (secondary N) is 1. The van der Waals surface area contributed by atoms with Gasteiger partial charge in [-0.25, -0.2) is 16.8 Å². The molecule has 2 aromatic carbocycles. The highest BCUT2D eigenvalue weighted by Gasteiger charge is 2.27. The summed E-state index contributed by atoms with van der Waals surface area (Å²) in [5.41, 5.74) is 0.772. The molecule has 176 valence electrons. The Hall–Kier alpha value is -2.63. The zero-order valence-corrected chi connectivity index (χ0v) is 19.9. The summed E-state index contributed by atoms with van der Waals surface area (Å²) in [4.78, 5) is 10.5. The smallest absolute Gasteiger partial charge is 0.303 e. The number of sulfonamides is 2. The van der Waals surface area contributed by atoms with Crippen molar-refractivity contribution in [1.82, 2.24) is 4.31 Å². The monoisotopic (exact) mass is 484 g/mol. The van der Waals surface area contributed by atoms with Crippen molar-refractivity contribution in [2.45, 2.75) is 43.4 Å². The second-order valence-corrected chi connectivity index (χ2v) is 10.4. The third-order valence-electron chi connectivity index (χ3n) is 4.68. The van der Waals surface area contributed by atoms with Crippen LogP contribution in [0, 0.1) is 0 Å². The first-order valence-corrected chi connectivity index (χ1v) is 13.1. The molecule has 2 aromatic rings. The van der Waals surface area contributed by atoms with Crippen LogP contribution in [-0.2, 0) is 31.3 Å². The van der Waals surface area contributed by atoms with Crippen molar-refractivity contribution >= 4 is 31.7 Å². The van der Waals surface area contributed by atoms with E-state index in [1.54, 1.807) is 32.9 Å². The van der Waals surface area contributed by atoms with Gasteiger partial charge in [0.15, 0.2) is 0 Å². The number of hydrogen-bond acceptors (Lipinski definition) is 6. The molecule has 0 saturated carbocycles. The molecule has 2 rings (SSSR count). The Morgan fingerprint density at radius 1 is 1.00 bits per heavy atom. The van der Waals surface area contributed by atoms with Gasteiger partial charge in [0, 0.05) is 19.5 Å². The molecule has 0 aliphatic heterocycles. The van der Waals surface area contributed by atoms with Gasteiger partial charge in [0.25, 0.3) is 10.0 Å². The number of aryl methyl sites for hydroxylation is 1. The molecule has 0 aliphatic carbocycles. The largest absolute Gasteiger partial charge is 0.492 e. The third-order valence-corrected chi connectivity index (χ3v) is 8.15. The van der Waals surface area contributed by atoms with E-state index in [4.69, 9.17) is 9.84 Å². The van der Waals surface area contributed by atoms with Crippen LogP contribution in [0.15, 0.2) is 52.3 Å². The number of rotatable bonds is 12. The van der Waals surface area contributed by atoms with E-state index < -0.39 is 26.0 Å². The zero-order chi connectivity index (χ0) is 23.9. The summed E-state index contributed by atoms with van der Waals surface area (Å²) in [6, 6.07) is 9.95. The summed E-state index contributed by atoms with van der Waals surface area (Å²) in [5.74, 6) is -0.792. The normalized spacial score (nSPS) is 12.0. The summed E-state index contributed by atoms with van der Waals surface area (Å²) in [6.07, 6.45) is 0.231. The van der Waals surface area contributed by atoms with Crippen molar-refractivity contribution in [3.8, 4) is 5.75 Å². The number of benzene rings is 2. The molecule has 2 N–H and O–H groups in total. The number of hydrogen-bond donors (Lipinski definition) is 2. The lowest BCUT2D eigenvalue weighted by molar-refractivity contribution is -0.136. The molecule has 0 amide bonds. The van der Waals surface area contributed by atoms with Crippen LogP contribution >= 0.6 is 0 Å². The summed E-state index contributed by atoms with van der Waals surface area (Å²) in [7, 11) is -7.89. The van der Waals surface area contributed by atoms with Gasteiger partial charge in [0.1, 0.15) is 10.6 Å². The van der Waals surface area contributed by atoms with Gasteiger partial charge in [0.05, 0.1) is 17.2 Å². The minimum Gasteiger partial charge on any atom is -0.492 e. The summed E-state index contributed by atoms with van der Waals surface area (Å²) in [6.45, 7) is 5.93. The molecular formula is C21H28N2O7S2. The number of carboxylic acid groups (broad SMARTS) is 1. The summed E-state index contributed by atoms with van der Waals surface area (Å²) < 4.78 is 60.8. The maximum Gasteiger partial charge on any atom is 0.303 e. The topological polar surface area (TPSA) is 130 Å². The first kappa shape index (κ1) is 25.6. The van der Waals surface area contributed by atoms with Crippen LogP contribution in [0.5, 0.6) is 5.75 Å². The number of aliphatic carboxylic acids is 1. The van der Waals surface area contributed by atoms with Gasteiger partial charge in [-0.1, -0.05) is 26.0 Å². The molecule has 0 aliphatic rings. The van der Waals surface area contributed by atoms with Crippen LogP contribution in [0.2, 0.25) is 0 Å². The Morgan fingerprint density at radius 3 is 2.16 bits per heavy atom. The maximum absolute atomic E-state index is 13.1. The van der Waals surface area contributed by atoms with Crippen molar-refractivity contribution in [2.75, 3.05) is 24.4 Å². The molecule has 32 heavy (non-hydrogen) atoms. The van der Waals surface area contributed by atoms with E-state index in [2.05, 4.69) is 4.72 Å². The fraction of sp³-hybridized carbons (Fsp3) is 0.381. The number of carbonyl (C=O) groups is 1. The Kier molecular flexibility index (Phi) is 8.65. The minimum atomic E-state index is -4.00. The summed E-state index contributed by atoms with van der Waals surface area (Å²) >= 11 is 0. The van der Waals surface area contributed by atoms with Gasteiger partial charge in [-0.05, 0) is 49.2 Å². The van der Waals surface area contributed by atoms with Crippen LogP contribution in [0.1, 0.15) is 32.8 Å². The molecular weight excluding hydrogens is 456 g/mol. The molecule has 0 unspecified atom stereocenters. The fourth-order valence-corrected chi connectivity index (χ4v) is 5.72. The van der Waals surface area contributed by atoms with Crippen molar-refractivity contribution in [1.29, 1.82) is 0 Å². The Morgan fingerprint density at radius 2 is 1.62 bits per heavy atom. The molecule has 0 heterocycles. The van der Waals surface area contributed by atoms with Crippen LogP contribution in [0.25, 0.3) is 0 Å². The van der Waals surface area contributed by atoms with E-state index in [1.165, 1.54) is 34.6 Å². The Bertz CT molecular complexity index is 1140. The molecule has 0 spiro atoms. The maximum atomic E-state index is 13.1. The molecule has 11 heteroatoms. The van der Waals surface area contributed by atoms with E-state index in [0.717, 1.165) is 0 Å². The van der Waals surface area contributed by atoms with E-state index in [0.29, 0.717) is 5.56 Å². The highest BCUT2D eigenvalue weighted by Crippen LogP contribution is 2.31. The van der Waals surface area contributed by atoms with Crippen LogP contribution in [0.3, 0.4) is 0 Å². The number of ether oxygens (including phenoxy) is 1. The van der Waals surface area contributed by atoms with Gasteiger partial charge >= 0.3 is 5.97 Å². The van der Waals surface area contributed by atoms with Gasteiger partial charge in [0.2, 0.25) is 10.0 Å². The number of nitrogens with zero attached hydrogens (tertiary/aromatic N) is 1. The predicted molar refractivity (Wildman–Crippen MR) is 121 cm³/mol. The minimum absolute atomic E-state index is 0.0291. The van der Waals surface area contributed by atoms with Gasteiger partial charge in [-0.15, -0.1) is 0 Å². The highest BCUT2D eigenvalue weighted by molar-refractivity contribution is 7.92. The van der Waals surface area contributed by atoms with Crippen molar-refractivity contribution in [2.24, 2.45) is 0 Å². The van der Waals surface area contributed by atoms with Crippen molar-refractivity contribution < 1.29 is 31.5 Å². The number of carboxylic acids is 1. The zero-order valence-electron chi connectivity index (χ0n) is 18.2. The average molecular weight is 485 g/mol. The Balaban J connectivity index is 2.36. The number of anilines is 1. The first-order valence-electron chi connectivity index (χ1n) is 10.2. The SMILES string of the molecule is CCOc1ccc(NS(=O)(=O)c2ccc(CCC(=O)O)cc2)cc1S(=O)(=O)N(CC)CC. The van der Waals surface area contributed by atoms with E-state index in [1.807, 2.05) is 0 Å². The first-order chi connectivity index (χ1) is 15.0. The third kappa shape index (κ3) is 6.21. The lowest BCUT2D eigenvalue weighted by atomic mass is 10.1. The second-order valence-electron chi connectivity index (χ2n) is 6.83. The standard InChI is InChI=1S/C21H28N2O7S2/c1-4-23(5-2)32(28,29)20-15-17(10-13-19(20)30-6-3)22-31(26,27)18-11-7-16(8-12-18)9-14-21(24)25/h7-8,10-13,15,22H,4-6,9,14H2,1-3H3,(H,24,25). The molecule has 0 fully saturated rings. The second kappa shape index (κ2) is 10.8. The molecule has 0 radical (unpaired) electrons. The fourth-order valence-electron chi connectivity index (χ4n) is 3.05. The van der Waals surface area contributed by atoms with Crippen molar-refractivity contribution in [3.63, 3.8) is 0 Å². The molecule has 9 nitrogen and oxygen atoms in total. The van der Waals surface area contributed by atoms with E-state index in [-0.39, 0.29) is 53.8 Å². The van der Waals surface area contributed by atoms with E-state index >= 15 is 0 Å². The van der Waals surface area contributed by atoms with Gasteiger partial charge in [-0.3, -0.25) is 9.52 Å². The lowest BCUT2D eigenvalue weighted by Crippen LogP contribution is -2.31. The molecule has 0 saturated heterocycles. The van der Waals surface area contributed by atoms with Crippen LogP contribution in [-0.4, -0.2) is 51.9 Å². The summed E-state index contributed by atoms with van der Waals surface area (Å²) in [5, 5.41) is 8.76. The van der Waals surface area contributed by atoms with E-state index in [9.17, 15) is 21.6 Å². The van der Waals surface area contributed by atoms with Crippen molar-refractivity contribution in [3.05, 3.63) is 48.0 Å². The molecule has 0 atom stereocenters. The van der Waals surface area contributed by atoms with Gasteiger partial charge in [-0.2, -0.15) is 4.31 Å². The average Bonchev–Trinajstić information content (AvgIpc) is 2.74. The van der Waals surface area contributed by atoms with Crippen LogP contribution < -0.4 is 9.46 Å². The quantitative estimate of drug-likeness (QED) is 0.474. The Labute approximate surface area is 189 Å². The highest BCUT2D eigenvalue weighted by atomic mass is 32.2. The van der Waals surface area contributed by atoms with Crippen LogP contribution in [0.4, 0.5) is 5.69 Å². The molecule has 0 bridgehead atoms. The lowest BCUT2D eigenvalue weighted by Gasteiger charge is -2.21.